The molecule has 2 amide bonds. The standard InChI is InChI=1S/C26H25N7O2S/c1-15-6-22(36-14-15)13-27-19-9-20(29-18-2-3-18)11-21(10-19)30-23-4-5-33-25(31-23)17(12-28-33)7-16-8-24(34)32-26(16)35/h4-7,9-12,14,18,27,29H,2-3,8,13H2,1H3,(H,30,31)(H,32,34,35)/b16-7-. The Morgan fingerprint density at radius 3 is 2.75 bits per heavy atom. The Kier molecular flexibility index (Phi) is 5.65. The van der Waals surface area contributed by atoms with Gasteiger partial charge < -0.3 is 16.0 Å². The van der Waals surface area contributed by atoms with Crippen LogP contribution in [0.1, 0.15) is 35.3 Å². The zero-order chi connectivity index (χ0) is 24.6. The van der Waals surface area contributed by atoms with E-state index in [0.717, 1.165) is 23.6 Å². The second kappa shape index (κ2) is 9.12. The minimum Gasteiger partial charge on any atom is -0.382 e. The molecule has 2 fully saturated rings. The smallest absolute Gasteiger partial charge is 0.254 e. The molecule has 4 heterocycles. The molecule has 6 rings (SSSR count). The van der Waals surface area contributed by atoms with Gasteiger partial charge >= 0.3 is 0 Å². The van der Waals surface area contributed by atoms with Crippen LogP contribution < -0.4 is 21.3 Å². The number of benzene rings is 1. The molecule has 0 bridgehead atoms. The number of nitrogens with one attached hydrogen (secondary N) is 4. The van der Waals surface area contributed by atoms with Gasteiger partial charge in [-0.1, -0.05) is 0 Å². The fraction of sp³-hybridized carbons (Fsp3) is 0.231. The molecule has 9 nitrogen and oxygen atoms in total. The summed E-state index contributed by atoms with van der Waals surface area (Å²) in [6.07, 6.45) is 7.58. The number of thiophene rings is 1. The van der Waals surface area contributed by atoms with E-state index in [-0.39, 0.29) is 18.2 Å². The van der Waals surface area contributed by atoms with Crippen molar-refractivity contribution in [2.45, 2.75) is 38.8 Å². The Morgan fingerprint density at radius 2 is 2.00 bits per heavy atom. The first-order chi connectivity index (χ1) is 17.5. The van der Waals surface area contributed by atoms with Gasteiger partial charge in [0.1, 0.15) is 5.82 Å². The average molecular weight is 500 g/mol. The molecule has 0 radical (unpaired) electrons. The highest BCUT2D eigenvalue weighted by molar-refractivity contribution is 7.10. The zero-order valence-corrected chi connectivity index (χ0v) is 20.5. The third kappa shape index (κ3) is 4.94. The fourth-order valence-corrected chi connectivity index (χ4v) is 4.95. The van der Waals surface area contributed by atoms with Gasteiger partial charge in [-0.05, 0) is 67.1 Å². The summed E-state index contributed by atoms with van der Waals surface area (Å²) in [7, 11) is 0. The third-order valence-electron chi connectivity index (χ3n) is 6.03. The van der Waals surface area contributed by atoms with Gasteiger partial charge in [-0.2, -0.15) is 5.10 Å². The van der Waals surface area contributed by atoms with E-state index >= 15 is 0 Å². The number of amides is 2. The van der Waals surface area contributed by atoms with Gasteiger partial charge in [0.15, 0.2) is 5.65 Å². The average Bonchev–Trinajstić information content (AvgIpc) is 3.27. The molecule has 0 spiro atoms. The van der Waals surface area contributed by atoms with E-state index in [4.69, 9.17) is 4.98 Å². The summed E-state index contributed by atoms with van der Waals surface area (Å²) in [5.74, 6) is -0.0132. The maximum atomic E-state index is 12.0. The van der Waals surface area contributed by atoms with Gasteiger partial charge in [-0.25, -0.2) is 9.50 Å². The molecule has 1 aromatic carbocycles. The molecule has 0 atom stereocenters. The Morgan fingerprint density at radius 1 is 1.17 bits per heavy atom. The van der Waals surface area contributed by atoms with Crippen LogP contribution in [0.2, 0.25) is 0 Å². The lowest BCUT2D eigenvalue weighted by molar-refractivity contribution is -0.124. The highest BCUT2D eigenvalue weighted by Gasteiger charge is 2.24. The van der Waals surface area contributed by atoms with E-state index in [1.54, 1.807) is 28.1 Å². The minimum absolute atomic E-state index is 0.0652. The molecule has 36 heavy (non-hydrogen) atoms. The van der Waals surface area contributed by atoms with E-state index in [2.05, 4.69) is 62.9 Å². The monoisotopic (exact) mass is 499 g/mol. The second-order valence-electron chi connectivity index (χ2n) is 9.19. The summed E-state index contributed by atoms with van der Waals surface area (Å²) in [5.41, 5.74) is 5.93. The van der Waals surface area contributed by atoms with Crippen LogP contribution >= 0.6 is 11.3 Å². The Hall–Kier alpha value is -4.18. The number of hydrogen-bond acceptors (Lipinski definition) is 8. The summed E-state index contributed by atoms with van der Waals surface area (Å²) in [6.45, 7) is 2.87. The van der Waals surface area contributed by atoms with Crippen molar-refractivity contribution in [1.82, 2.24) is 19.9 Å². The molecule has 10 heteroatoms. The predicted octanol–water partition coefficient (Wildman–Crippen LogP) is 4.46. The number of hydrogen-bond donors (Lipinski definition) is 4. The Bertz CT molecular complexity index is 1520. The molecule has 0 unspecified atom stereocenters. The van der Waals surface area contributed by atoms with E-state index in [0.29, 0.717) is 28.6 Å². The zero-order valence-electron chi connectivity index (χ0n) is 19.7. The molecule has 1 saturated heterocycles. The SMILES string of the molecule is Cc1csc(CNc2cc(Nc3ccn4ncc(/C=C5/CC(=O)NC5=O)c4n3)cc(NC3CC3)c2)c1. The van der Waals surface area contributed by atoms with Gasteiger partial charge in [0.05, 0.1) is 12.6 Å². The topological polar surface area (TPSA) is 112 Å². The number of imide groups is 1. The van der Waals surface area contributed by atoms with E-state index in [1.807, 2.05) is 12.3 Å². The van der Waals surface area contributed by atoms with Crippen LogP contribution in [0, 0.1) is 6.92 Å². The van der Waals surface area contributed by atoms with Crippen molar-refractivity contribution >= 4 is 57.8 Å². The number of carbonyl (C=O) groups excluding carboxylic acids is 2. The molecule has 4 N–H and O–H groups in total. The number of rotatable bonds is 8. The largest absolute Gasteiger partial charge is 0.382 e. The molecular weight excluding hydrogens is 474 g/mol. The van der Waals surface area contributed by atoms with Crippen LogP contribution in [0.15, 0.2) is 53.7 Å². The number of anilines is 4. The fourth-order valence-electron chi connectivity index (χ4n) is 4.14. The van der Waals surface area contributed by atoms with Crippen molar-refractivity contribution in [3.8, 4) is 0 Å². The molecule has 1 aliphatic carbocycles. The van der Waals surface area contributed by atoms with Gasteiger partial charge in [0, 0.05) is 51.9 Å². The molecule has 1 aliphatic heterocycles. The summed E-state index contributed by atoms with van der Waals surface area (Å²) in [4.78, 5) is 29.5. The Balaban J connectivity index is 1.26. The normalized spacial score (nSPS) is 16.5. The molecule has 182 valence electrons. The van der Waals surface area contributed by atoms with Crippen molar-refractivity contribution in [2.24, 2.45) is 0 Å². The van der Waals surface area contributed by atoms with Gasteiger partial charge in [0.2, 0.25) is 5.91 Å². The lowest BCUT2D eigenvalue weighted by Crippen LogP contribution is -2.19. The van der Waals surface area contributed by atoms with Crippen LogP contribution in [0.5, 0.6) is 0 Å². The lowest BCUT2D eigenvalue weighted by atomic mass is 10.1. The van der Waals surface area contributed by atoms with Crippen molar-refractivity contribution in [3.05, 3.63) is 69.7 Å². The molecule has 1 saturated carbocycles. The first-order valence-corrected chi connectivity index (χ1v) is 12.7. The van der Waals surface area contributed by atoms with E-state index < -0.39 is 0 Å². The number of aromatic nitrogens is 3. The van der Waals surface area contributed by atoms with Gasteiger partial charge in [-0.3, -0.25) is 14.9 Å². The molecular formula is C26H25N7O2S. The quantitative estimate of drug-likeness (QED) is 0.209. The summed E-state index contributed by atoms with van der Waals surface area (Å²) >= 11 is 1.75. The van der Waals surface area contributed by atoms with Crippen molar-refractivity contribution in [1.29, 1.82) is 0 Å². The van der Waals surface area contributed by atoms with Crippen LogP contribution in [0.25, 0.3) is 11.7 Å². The summed E-state index contributed by atoms with van der Waals surface area (Å²) < 4.78 is 1.65. The maximum Gasteiger partial charge on any atom is 0.254 e. The third-order valence-corrected chi connectivity index (χ3v) is 7.08. The van der Waals surface area contributed by atoms with Crippen molar-refractivity contribution in [3.63, 3.8) is 0 Å². The predicted molar refractivity (Wildman–Crippen MR) is 141 cm³/mol. The number of aryl methyl sites for hydroxylation is 1. The lowest BCUT2D eigenvalue weighted by Gasteiger charge is -2.14. The van der Waals surface area contributed by atoms with Crippen LogP contribution in [-0.2, 0) is 16.1 Å². The van der Waals surface area contributed by atoms with Crippen molar-refractivity contribution in [2.75, 3.05) is 16.0 Å². The molecule has 2 aliphatic rings. The van der Waals surface area contributed by atoms with Crippen LogP contribution in [0.3, 0.4) is 0 Å². The first-order valence-electron chi connectivity index (χ1n) is 11.8. The summed E-state index contributed by atoms with van der Waals surface area (Å²) in [5, 5.41) is 19.3. The summed E-state index contributed by atoms with van der Waals surface area (Å²) in [6, 6.07) is 10.9. The van der Waals surface area contributed by atoms with E-state index in [1.165, 1.54) is 23.3 Å². The highest BCUT2D eigenvalue weighted by atomic mass is 32.1. The Labute approximate surface area is 211 Å². The first kappa shape index (κ1) is 22.3. The number of carbonyl (C=O) groups is 2. The molecule has 4 aromatic rings. The maximum absolute atomic E-state index is 12.0. The van der Waals surface area contributed by atoms with Gasteiger partial charge in [0.25, 0.3) is 5.91 Å². The highest BCUT2D eigenvalue weighted by Crippen LogP contribution is 2.31. The van der Waals surface area contributed by atoms with Crippen molar-refractivity contribution < 1.29 is 9.59 Å². The number of fused-ring (bicyclic) bond motifs is 1. The van der Waals surface area contributed by atoms with Gasteiger partial charge in [-0.15, -0.1) is 11.3 Å². The minimum atomic E-state index is -0.369. The van der Waals surface area contributed by atoms with E-state index in [9.17, 15) is 9.59 Å². The van der Waals surface area contributed by atoms with Crippen LogP contribution in [0.4, 0.5) is 22.9 Å². The second-order valence-corrected chi connectivity index (χ2v) is 10.2. The van der Waals surface area contributed by atoms with Crippen LogP contribution in [-0.4, -0.2) is 32.5 Å². The molecule has 3 aromatic heterocycles. The number of nitrogens with zero attached hydrogens (tertiary/aromatic N) is 3.